The van der Waals surface area contributed by atoms with Crippen molar-refractivity contribution >= 4 is 34.9 Å². The third-order valence-corrected chi connectivity index (χ3v) is 8.13. The molecule has 0 aliphatic carbocycles. The highest BCUT2D eigenvalue weighted by Gasteiger charge is 2.31. The maximum atomic E-state index is 3.79. The number of rotatable bonds is 6. The smallest absolute Gasteiger partial charge is 0.0298 e. The molecule has 1 aliphatic heterocycles. The highest BCUT2D eigenvalue weighted by molar-refractivity contribution is 8.07. The average molecular weight is 316 g/mol. The van der Waals surface area contributed by atoms with Crippen LogP contribution in [-0.4, -0.2) is 34.1 Å². The van der Waals surface area contributed by atoms with Gasteiger partial charge in [0.2, 0.25) is 0 Å². The van der Waals surface area contributed by atoms with Crippen LogP contribution in [0.25, 0.3) is 0 Å². The summed E-state index contributed by atoms with van der Waals surface area (Å²) in [6, 6.07) is 5.08. The summed E-state index contributed by atoms with van der Waals surface area (Å²) in [6.07, 6.45) is 2.41. The van der Waals surface area contributed by atoms with Crippen molar-refractivity contribution < 1.29 is 0 Å². The van der Waals surface area contributed by atoms with Crippen LogP contribution in [0.5, 0.6) is 0 Å². The molecule has 1 fully saturated rings. The summed E-state index contributed by atoms with van der Waals surface area (Å²) >= 11 is 6.24. The Morgan fingerprint density at radius 2 is 2.21 bits per heavy atom. The molecule has 1 aromatic rings. The van der Waals surface area contributed by atoms with Crippen molar-refractivity contribution in [3.8, 4) is 0 Å². The molecule has 0 spiro atoms. The molecular formula is C15H25NS3. The summed E-state index contributed by atoms with van der Waals surface area (Å²) < 4.78 is 0. The first-order chi connectivity index (χ1) is 9.20. The minimum Gasteiger partial charge on any atom is -0.312 e. The van der Waals surface area contributed by atoms with E-state index in [2.05, 4.69) is 67.1 Å². The Balaban J connectivity index is 1.96. The van der Waals surface area contributed by atoms with Crippen molar-refractivity contribution in [2.75, 3.05) is 12.3 Å². The second-order valence-corrected chi connectivity index (χ2v) is 9.33. The highest BCUT2D eigenvalue weighted by Crippen LogP contribution is 2.37. The largest absolute Gasteiger partial charge is 0.312 e. The first kappa shape index (κ1) is 15.7. The SMILES string of the molecule is CCCNC(Cc1cccs1)C1CSC(C)C(C)S1. The molecule has 4 unspecified atom stereocenters. The molecule has 2 rings (SSSR count). The van der Waals surface area contributed by atoms with Crippen LogP contribution in [0.1, 0.15) is 32.1 Å². The molecule has 0 amide bonds. The van der Waals surface area contributed by atoms with Gasteiger partial charge < -0.3 is 5.32 Å². The monoisotopic (exact) mass is 315 g/mol. The van der Waals surface area contributed by atoms with Gasteiger partial charge in [-0.1, -0.05) is 26.8 Å². The van der Waals surface area contributed by atoms with Gasteiger partial charge in [0.05, 0.1) is 0 Å². The minimum atomic E-state index is 0.631. The van der Waals surface area contributed by atoms with E-state index in [1.807, 2.05) is 11.3 Å². The van der Waals surface area contributed by atoms with E-state index in [-0.39, 0.29) is 0 Å². The maximum Gasteiger partial charge on any atom is 0.0298 e. The topological polar surface area (TPSA) is 12.0 Å². The molecule has 4 atom stereocenters. The molecule has 1 aromatic heterocycles. The Morgan fingerprint density at radius 3 is 2.84 bits per heavy atom. The fraction of sp³-hybridized carbons (Fsp3) is 0.733. The van der Waals surface area contributed by atoms with E-state index in [4.69, 9.17) is 0 Å². The summed E-state index contributed by atoms with van der Waals surface area (Å²) in [5.41, 5.74) is 0. The quantitative estimate of drug-likeness (QED) is 0.841. The summed E-state index contributed by atoms with van der Waals surface area (Å²) in [7, 11) is 0. The van der Waals surface area contributed by atoms with Crippen LogP contribution in [0.4, 0.5) is 0 Å². The second kappa shape index (κ2) is 7.96. The number of thiophene rings is 1. The Hall–Kier alpha value is 0.360. The van der Waals surface area contributed by atoms with Crippen molar-refractivity contribution in [1.29, 1.82) is 0 Å². The fourth-order valence-corrected chi connectivity index (χ4v) is 6.22. The third kappa shape index (κ3) is 4.69. The molecule has 19 heavy (non-hydrogen) atoms. The normalized spacial score (nSPS) is 29.3. The molecule has 2 heterocycles. The van der Waals surface area contributed by atoms with E-state index < -0.39 is 0 Å². The Bertz CT molecular complexity index is 352. The van der Waals surface area contributed by atoms with E-state index in [0.29, 0.717) is 6.04 Å². The van der Waals surface area contributed by atoms with Crippen molar-refractivity contribution in [2.24, 2.45) is 0 Å². The van der Waals surface area contributed by atoms with Gasteiger partial charge in [0, 0.05) is 32.4 Å². The zero-order valence-electron chi connectivity index (χ0n) is 12.1. The van der Waals surface area contributed by atoms with Crippen LogP contribution in [0, 0.1) is 0 Å². The lowest BCUT2D eigenvalue weighted by atomic mass is 10.1. The minimum absolute atomic E-state index is 0.631. The van der Waals surface area contributed by atoms with Crippen molar-refractivity contribution in [3.63, 3.8) is 0 Å². The average Bonchev–Trinajstić information content (AvgIpc) is 2.91. The van der Waals surface area contributed by atoms with Gasteiger partial charge in [0.1, 0.15) is 0 Å². The highest BCUT2D eigenvalue weighted by atomic mass is 32.2. The third-order valence-electron chi connectivity index (χ3n) is 3.68. The summed E-state index contributed by atoms with van der Waals surface area (Å²) in [6.45, 7) is 8.15. The van der Waals surface area contributed by atoms with E-state index in [1.54, 1.807) is 0 Å². The molecule has 108 valence electrons. The molecule has 1 N–H and O–H groups in total. The van der Waals surface area contributed by atoms with Crippen LogP contribution >= 0.6 is 34.9 Å². The molecule has 0 radical (unpaired) electrons. The zero-order valence-corrected chi connectivity index (χ0v) is 14.5. The Kier molecular flexibility index (Phi) is 6.60. The van der Waals surface area contributed by atoms with E-state index in [9.17, 15) is 0 Å². The van der Waals surface area contributed by atoms with Gasteiger partial charge in [0.15, 0.2) is 0 Å². The number of nitrogens with one attached hydrogen (secondary N) is 1. The number of hydrogen-bond donors (Lipinski definition) is 1. The standard InChI is InChI=1S/C15H25NS3/c1-4-7-16-14(9-13-6-5-8-17-13)15-10-18-11(2)12(3)19-15/h5-6,8,11-12,14-16H,4,7,9-10H2,1-3H3. The molecular weight excluding hydrogens is 290 g/mol. The van der Waals surface area contributed by atoms with Crippen LogP contribution in [-0.2, 0) is 6.42 Å². The van der Waals surface area contributed by atoms with E-state index >= 15 is 0 Å². The molecule has 0 aromatic carbocycles. The fourth-order valence-electron chi connectivity index (χ4n) is 2.33. The van der Waals surface area contributed by atoms with Crippen LogP contribution in [0.15, 0.2) is 17.5 Å². The Morgan fingerprint density at radius 1 is 1.37 bits per heavy atom. The van der Waals surface area contributed by atoms with Crippen LogP contribution in [0.2, 0.25) is 0 Å². The molecule has 1 nitrogen and oxygen atoms in total. The second-order valence-electron chi connectivity index (χ2n) is 5.26. The molecule has 1 saturated heterocycles. The molecule has 0 saturated carbocycles. The lowest BCUT2D eigenvalue weighted by Gasteiger charge is -2.36. The van der Waals surface area contributed by atoms with Crippen molar-refractivity contribution in [3.05, 3.63) is 22.4 Å². The number of thioether (sulfide) groups is 2. The number of hydrogen-bond acceptors (Lipinski definition) is 4. The predicted molar refractivity (Wildman–Crippen MR) is 92.9 cm³/mol. The molecule has 4 heteroatoms. The summed E-state index contributed by atoms with van der Waals surface area (Å²) in [4.78, 5) is 1.52. The van der Waals surface area contributed by atoms with Gasteiger partial charge in [-0.2, -0.15) is 23.5 Å². The van der Waals surface area contributed by atoms with Gasteiger partial charge >= 0.3 is 0 Å². The van der Waals surface area contributed by atoms with Crippen molar-refractivity contribution in [2.45, 2.75) is 55.4 Å². The maximum absolute atomic E-state index is 3.79. The molecule has 0 bridgehead atoms. The summed E-state index contributed by atoms with van der Waals surface area (Å²) in [5.74, 6) is 1.29. The van der Waals surface area contributed by atoms with Gasteiger partial charge in [-0.3, -0.25) is 0 Å². The lowest BCUT2D eigenvalue weighted by Crippen LogP contribution is -2.44. The van der Waals surface area contributed by atoms with Gasteiger partial charge in [-0.25, -0.2) is 0 Å². The van der Waals surface area contributed by atoms with Gasteiger partial charge in [-0.15, -0.1) is 11.3 Å². The Labute approximate surface area is 130 Å². The first-order valence-electron chi connectivity index (χ1n) is 7.23. The van der Waals surface area contributed by atoms with Crippen LogP contribution in [0.3, 0.4) is 0 Å². The molecule has 1 aliphatic rings. The van der Waals surface area contributed by atoms with Crippen molar-refractivity contribution in [1.82, 2.24) is 5.32 Å². The van der Waals surface area contributed by atoms with Crippen LogP contribution < -0.4 is 5.32 Å². The van der Waals surface area contributed by atoms with Gasteiger partial charge in [-0.05, 0) is 30.8 Å². The first-order valence-corrected chi connectivity index (χ1v) is 10.1. The van der Waals surface area contributed by atoms with Gasteiger partial charge in [0.25, 0.3) is 0 Å². The predicted octanol–water partition coefficient (Wildman–Crippen LogP) is 4.28. The van der Waals surface area contributed by atoms with E-state index in [0.717, 1.165) is 22.3 Å². The van der Waals surface area contributed by atoms with E-state index in [1.165, 1.54) is 23.5 Å². The zero-order chi connectivity index (χ0) is 13.7. The lowest BCUT2D eigenvalue weighted by molar-refractivity contribution is 0.506. The summed E-state index contributed by atoms with van der Waals surface area (Å²) in [5, 5.41) is 8.31.